The van der Waals surface area contributed by atoms with Crippen LogP contribution in [0, 0.1) is 10.1 Å². The number of carbonyl (C=O) groups excluding carboxylic acids is 1. The summed E-state index contributed by atoms with van der Waals surface area (Å²) in [6.07, 6.45) is 1.78. The molecule has 8 heteroatoms. The monoisotopic (exact) mass is 415 g/mol. The predicted molar refractivity (Wildman–Crippen MR) is 86.6 cm³/mol. The van der Waals surface area contributed by atoms with Crippen LogP contribution in [0.4, 0.5) is 11.4 Å². The van der Waals surface area contributed by atoms with E-state index in [1.807, 2.05) is 6.92 Å². The Morgan fingerprint density at radius 3 is 2.67 bits per heavy atom. The minimum atomic E-state index is -0.533. The van der Waals surface area contributed by atoms with Gasteiger partial charge in [0.1, 0.15) is 11.4 Å². The third-order valence-electron chi connectivity index (χ3n) is 2.84. The normalized spacial score (nSPS) is 10.4. The molecule has 1 aromatic heterocycles. The Kier molecular flexibility index (Phi) is 4.79. The van der Waals surface area contributed by atoms with E-state index in [2.05, 4.69) is 37.2 Å². The van der Waals surface area contributed by atoms with Crippen molar-refractivity contribution in [2.24, 2.45) is 0 Å². The largest absolute Gasteiger partial charge is 0.343 e. The first-order chi connectivity index (χ1) is 9.92. The maximum Gasteiger partial charge on any atom is 0.293 e. The van der Waals surface area contributed by atoms with Gasteiger partial charge in [-0.1, -0.05) is 15.9 Å². The summed E-state index contributed by atoms with van der Waals surface area (Å²) < 4.78 is 3.11. The van der Waals surface area contributed by atoms with E-state index in [0.717, 1.165) is 4.47 Å². The van der Waals surface area contributed by atoms with Crippen LogP contribution in [0.2, 0.25) is 0 Å². The second-order valence-corrected chi connectivity index (χ2v) is 6.03. The summed E-state index contributed by atoms with van der Waals surface area (Å²) in [4.78, 5) is 22.8. The van der Waals surface area contributed by atoms with Gasteiger partial charge in [-0.25, -0.2) is 0 Å². The van der Waals surface area contributed by atoms with Crippen LogP contribution >= 0.6 is 31.9 Å². The predicted octanol–water partition coefficient (Wildman–Crippen LogP) is 4.19. The Bertz CT molecular complexity index is 713. The summed E-state index contributed by atoms with van der Waals surface area (Å²) in [6.45, 7) is 2.53. The van der Waals surface area contributed by atoms with E-state index in [-0.39, 0.29) is 11.4 Å². The summed E-state index contributed by atoms with van der Waals surface area (Å²) in [7, 11) is 0. The zero-order chi connectivity index (χ0) is 15.6. The second kappa shape index (κ2) is 6.40. The van der Waals surface area contributed by atoms with Crippen LogP contribution in [-0.2, 0) is 6.54 Å². The number of anilines is 1. The van der Waals surface area contributed by atoms with Crippen molar-refractivity contribution in [1.29, 1.82) is 0 Å². The molecule has 6 nitrogen and oxygen atoms in total. The standard InChI is InChI=1S/C13H11Br2N3O3/c1-2-17-7-9(15)6-12(17)13(19)16-10-4-3-8(14)5-11(10)18(20)21/h3-7H,2H2,1H3,(H,16,19). The van der Waals surface area contributed by atoms with E-state index in [1.165, 1.54) is 12.1 Å². The molecule has 2 aromatic rings. The molecule has 110 valence electrons. The van der Waals surface area contributed by atoms with E-state index < -0.39 is 10.8 Å². The van der Waals surface area contributed by atoms with E-state index in [1.54, 1.807) is 22.9 Å². The first kappa shape index (κ1) is 15.7. The molecule has 0 aliphatic rings. The Balaban J connectivity index is 2.33. The number of nitro groups is 1. The molecule has 0 aliphatic heterocycles. The number of nitro benzene ring substituents is 1. The lowest BCUT2D eigenvalue weighted by Crippen LogP contribution is -2.17. The third-order valence-corrected chi connectivity index (χ3v) is 3.77. The number of nitrogens with one attached hydrogen (secondary N) is 1. The van der Waals surface area contributed by atoms with Crippen molar-refractivity contribution in [2.75, 3.05) is 5.32 Å². The highest BCUT2D eigenvalue weighted by Crippen LogP contribution is 2.28. The van der Waals surface area contributed by atoms with Gasteiger partial charge in [0.05, 0.1) is 4.92 Å². The quantitative estimate of drug-likeness (QED) is 0.599. The smallest absolute Gasteiger partial charge is 0.293 e. The maximum absolute atomic E-state index is 12.3. The third kappa shape index (κ3) is 3.51. The van der Waals surface area contributed by atoms with Crippen molar-refractivity contribution < 1.29 is 9.72 Å². The molecule has 0 aliphatic carbocycles. The van der Waals surface area contributed by atoms with E-state index >= 15 is 0 Å². The molecule has 1 amide bonds. The highest BCUT2D eigenvalue weighted by atomic mass is 79.9. The first-order valence-electron chi connectivity index (χ1n) is 6.03. The fraction of sp³-hybridized carbons (Fsp3) is 0.154. The molecule has 0 saturated heterocycles. The van der Waals surface area contributed by atoms with Gasteiger partial charge < -0.3 is 9.88 Å². The minimum absolute atomic E-state index is 0.160. The van der Waals surface area contributed by atoms with E-state index in [0.29, 0.717) is 16.7 Å². The number of amides is 1. The molecular formula is C13H11Br2N3O3. The zero-order valence-corrected chi connectivity index (χ0v) is 14.1. The van der Waals surface area contributed by atoms with Crippen molar-refractivity contribution >= 4 is 49.1 Å². The number of hydrogen-bond donors (Lipinski definition) is 1. The second-order valence-electron chi connectivity index (χ2n) is 4.20. The van der Waals surface area contributed by atoms with Gasteiger partial charge in [-0.05, 0) is 41.1 Å². The summed E-state index contributed by atoms with van der Waals surface area (Å²) in [5.41, 5.74) is 0.432. The lowest BCUT2D eigenvalue weighted by molar-refractivity contribution is -0.384. The van der Waals surface area contributed by atoms with Crippen molar-refractivity contribution in [3.05, 3.63) is 55.2 Å². The molecule has 1 aromatic carbocycles. The van der Waals surface area contributed by atoms with Gasteiger partial charge in [0, 0.05) is 27.8 Å². The number of aromatic nitrogens is 1. The summed E-state index contributed by atoms with van der Waals surface area (Å²) >= 11 is 6.48. The molecule has 21 heavy (non-hydrogen) atoms. The average molecular weight is 417 g/mol. The fourth-order valence-corrected chi connectivity index (χ4v) is 2.69. The molecule has 0 fully saturated rings. The van der Waals surface area contributed by atoms with Gasteiger partial charge in [0.25, 0.3) is 11.6 Å². The highest BCUT2D eigenvalue weighted by Gasteiger charge is 2.19. The van der Waals surface area contributed by atoms with Crippen LogP contribution in [0.5, 0.6) is 0 Å². The molecule has 0 spiro atoms. The van der Waals surface area contributed by atoms with Crippen molar-refractivity contribution in [3.8, 4) is 0 Å². The molecule has 0 bridgehead atoms. The summed E-state index contributed by atoms with van der Waals surface area (Å²) in [6, 6.07) is 6.15. The maximum atomic E-state index is 12.3. The van der Waals surface area contributed by atoms with Crippen molar-refractivity contribution in [2.45, 2.75) is 13.5 Å². The van der Waals surface area contributed by atoms with Crippen LogP contribution in [0.25, 0.3) is 0 Å². The fourth-order valence-electron chi connectivity index (χ4n) is 1.87. The minimum Gasteiger partial charge on any atom is -0.343 e. The molecule has 0 unspecified atom stereocenters. The Labute approximate surface area is 137 Å². The van der Waals surface area contributed by atoms with Gasteiger partial charge in [-0.2, -0.15) is 0 Å². The number of nitrogens with zero attached hydrogens (tertiary/aromatic N) is 2. The first-order valence-corrected chi connectivity index (χ1v) is 7.62. The lowest BCUT2D eigenvalue weighted by Gasteiger charge is -2.08. The van der Waals surface area contributed by atoms with Crippen molar-refractivity contribution in [1.82, 2.24) is 4.57 Å². The summed E-state index contributed by atoms with van der Waals surface area (Å²) in [5, 5.41) is 13.6. The number of carbonyl (C=O) groups is 1. The van der Waals surface area contributed by atoms with Crippen LogP contribution in [0.15, 0.2) is 39.4 Å². The van der Waals surface area contributed by atoms with Crippen molar-refractivity contribution in [3.63, 3.8) is 0 Å². The number of halogens is 2. The zero-order valence-electron chi connectivity index (χ0n) is 11.0. The van der Waals surface area contributed by atoms with Gasteiger partial charge in [-0.3, -0.25) is 14.9 Å². The highest BCUT2D eigenvalue weighted by molar-refractivity contribution is 9.10. The van der Waals surface area contributed by atoms with Gasteiger partial charge >= 0.3 is 0 Å². The number of rotatable bonds is 4. The van der Waals surface area contributed by atoms with Gasteiger partial charge in [-0.15, -0.1) is 0 Å². The molecule has 1 N–H and O–H groups in total. The van der Waals surface area contributed by atoms with Gasteiger partial charge in [0.15, 0.2) is 0 Å². The molecule has 0 radical (unpaired) electrons. The Hall–Kier alpha value is -1.67. The molecule has 1 heterocycles. The Morgan fingerprint density at radius 1 is 1.33 bits per heavy atom. The topological polar surface area (TPSA) is 77.2 Å². The molecular weight excluding hydrogens is 406 g/mol. The van der Waals surface area contributed by atoms with Gasteiger partial charge in [0.2, 0.25) is 0 Å². The van der Waals surface area contributed by atoms with Crippen LogP contribution < -0.4 is 5.32 Å². The van der Waals surface area contributed by atoms with Crippen LogP contribution in [-0.4, -0.2) is 15.4 Å². The molecule has 0 atom stereocenters. The average Bonchev–Trinajstić information content (AvgIpc) is 2.81. The summed E-state index contributed by atoms with van der Waals surface area (Å²) in [5.74, 6) is -0.395. The number of benzene rings is 1. The SMILES string of the molecule is CCn1cc(Br)cc1C(=O)Nc1ccc(Br)cc1[N+](=O)[O-]. The number of aryl methyl sites for hydroxylation is 1. The lowest BCUT2D eigenvalue weighted by atomic mass is 10.2. The van der Waals surface area contributed by atoms with Crippen LogP contribution in [0.3, 0.4) is 0 Å². The van der Waals surface area contributed by atoms with E-state index in [9.17, 15) is 14.9 Å². The molecule has 0 saturated carbocycles. The molecule has 2 rings (SSSR count). The van der Waals surface area contributed by atoms with E-state index in [4.69, 9.17) is 0 Å². The van der Waals surface area contributed by atoms with Crippen LogP contribution in [0.1, 0.15) is 17.4 Å². The Morgan fingerprint density at radius 2 is 2.05 bits per heavy atom. The number of hydrogen-bond acceptors (Lipinski definition) is 3.